The molecule has 114 valence electrons. The summed E-state index contributed by atoms with van der Waals surface area (Å²) in [4.78, 5) is 24.2. The first-order valence-electron chi connectivity index (χ1n) is 8.80. The lowest BCUT2D eigenvalue weighted by molar-refractivity contribution is -0.144. The van der Waals surface area contributed by atoms with Crippen LogP contribution in [0.15, 0.2) is 12.2 Å². The molecule has 0 bridgehead atoms. The summed E-state index contributed by atoms with van der Waals surface area (Å²) in [6.07, 6.45) is 14.7. The van der Waals surface area contributed by atoms with E-state index in [4.69, 9.17) is 0 Å². The first-order valence-corrected chi connectivity index (χ1v) is 8.80. The highest BCUT2D eigenvalue weighted by Crippen LogP contribution is 2.63. The highest BCUT2D eigenvalue weighted by molar-refractivity contribution is 5.99. The first kappa shape index (κ1) is 13.7. The number of fused-ring (bicyclic) bond motifs is 5. The van der Waals surface area contributed by atoms with Crippen LogP contribution in [0.1, 0.15) is 58.3 Å². The maximum Gasteiger partial charge on any atom is 0.160 e. The summed E-state index contributed by atoms with van der Waals surface area (Å²) in [5.41, 5.74) is -0.0187. The van der Waals surface area contributed by atoms with Crippen molar-refractivity contribution in [2.45, 2.75) is 58.3 Å². The van der Waals surface area contributed by atoms with Crippen molar-refractivity contribution in [3.8, 4) is 0 Å². The molecule has 0 heterocycles. The summed E-state index contributed by atoms with van der Waals surface area (Å²) >= 11 is 0. The normalized spacial score (nSPS) is 52.0. The molecule has 0 aromatic carbocycles. The zero-order chi connectivity index (χ0) is 14.7. The van der Waals surface area contributed by atoms with E-state index in [1.165, 1.54) is 38.5 Å². The Balaban J connectivity index is 1.70. The van der Waals surface area contributed by atoms with Crippen molar-refractivity contribution in [1.29, 1.82) is 0 Å². The second kappa shape index (κ2) is 4.54. The maximum atomic E-state index is 12.4. The number of ketones is 1. The monoisotopic (exact) mass is 286 g/mol. The molecule has 0 N–H and O–H groups in total. The molecule has 0 radical (unpaired) electrons. The molecule has 1 unspecified atom stereocenters. The molecule has 0 spiro atoms. The van der Waals surface area contributed by atoms with Gasteiger partial charge in [-0.05, 0) is 67.8 Å². The van der Waals surface area contributed by atoms with Crippen LogP contribution in [0.2, 0.25) is 0 Å². The molecule has 0 aliphatic heterocycles. The Kier molecular flexibility index (Phi) is 2.96. The van der Waals surface area contributed by atoms with E-state index in [1.807, 2.05) is 6.08 Å². The van der Waals surface area contributed by atoms with Gasteiger partial charge in [0, 0.05) is 5.92 Å². The van der Waals surface area contributed by atoms with Crippen molar-refractivity contribution in [2.24, 2.45) is 34.5 Å². The Morgan fingerprint density at radius 2 is 2.00 bits per heavy atom. The predicted molar refractivity (Wildman–Crippen MR) is 81.6 cm³/mol. The van der Waals surface area contributed by atoms with Crippen LogP contribution in [-0.4, -0.2) is 12.1 Å². The second-order valence-corrected chi connectivity index (χ2v) is 8.28. The van der Waals surface area contributed by atoms with E-state index in [0.717, 1.165) is 25.0 Å². The lowest BCUT2D eigenvalue weighted by Gasteiger charge is -2.59. The average molecular weight is 286 g/mol. The summed E-state index contributed by atoms with van der Waals surface area (Å²) in [6, 6.07) is 0. The number of hydrogen-bond donors (Lipinski definition) is 0. The number of allylic oxidation sites excluding steroid dienone is 2. The fourth-order valence-electron chi connectivity index (χ4n) is 6.55. The Hall–Kier alpha value is -0.920. The number of carbonyl (C=O) groups excluding carboxylic acids is 2. The van der Waals surface area contributed by atoms with Crippen molar-refractivity contribution < 1.29 is 9.59 Å². The Morgan fingerprint density at radius 1 is 1.14 bits per heavy atom. The molecule has 6 atom stereocenters. The van der Waals surface area contributed by atoms with Crippen molar-refractivity contribution in [1.82, 2.24) is 0 Å². The summed E-state index contributed by atoms with van der Waals surface area (Å²) in [7, 11) is 0. The summed E-state index contributed by atoms with van der Waals surface area (Å²) in [5.74, 6) is 2.17. The predicted octanol–water partition coefficient (Wildman–Crippen LogP) is 3.94. The van der Waals surface area contributed by atoms with Crippen molar-refractivity contribution in [3.05, 3.63) is 12.2 Å². The van der Waals surface area contributed by atoms with Crippen LogP contribution in [0.4, 0.5) is 0 Å². The minimum Gasteiger partial charge on any atom is -0.302 e. The van der Waals surface area contributed by atoms with E-state index >= 15 is 0 Å². The molecule has 2 heteroatoms. The van der Waals surface area contributed by atoms with Crippen LogP contribution in [0.3, 0.4) is 0 Å². The van der Waals surface area contributed by atoms with Crippen LogP contribution in [-0.2, 0) is 9.59 Å². The molecule has 0 amide bonds. The Morgan fingerprint density at radius 3 is 2.81 bits per heavy atom. The summed E-state index contributed by atoms with van der Waals surface area (Å²) in [5, 5.41) is 0. The fourth-order valence-corrected chi connectivity index (χ4v) is 6.55. The van der Waals surface area contributed by atoms with Crippen molar-refractivity contribution in [2.75, 3.05) is 0 Å². The molecule has 0 saturated heterocycles. The maximum absolute atomic E-state index is 12.4. The molecule has 4 aliphatic carbocycles. The number of aldehydes is 1. The lowest BCUT2D eigenvalue weighted by atomic mass is 9.45. The van der Waals surface area contributed by atoms with Crippen molar-refractivity contribution in [3.63, 3.8) is 0 Å². The minimum atomic E-state index is -0.448. The van der Waals surface area contributed by atoms with Crippen molar-refractivity contribution >= 4 is 12.1 Å². The van der Waals surface area contributed by atoms with Gasteiger partial charge >= 0.3 is 0 Å². The Bertz CT molecular complexity index is 508. The summed E-state index contributed by atoms with van der Waals surface area (Å²) in [6.45, 7) is 2.49. The molecule has 0 aromatic rings. The number of hydrogen-bond acceptors (Lipinski definition) is 2. The molecule has 3 saturated carbocycles. The zero-order valence-electron chi connectivity index (χ0n) is 13.0. The fraction of sp³-hybridized carbons (Fsp3) is 0.789. The average Bonchev–Trinajstić information content (AvgIpc) is 2.85. The third kappa shape index (κ3) is 1.71. The number of rotatable bonds is 1. The molecule has 3 fully saturated rings. The van der Waals surface area contributed by atoms with Crippen LogP contribution < -0.4 is 0 Å². The minimum absolute atomic E-state index is 0.0338. The van der Waals surface area contributed by atoms with E-state index in [1.54, 1.807) is 6.08 Å². The quantitative estimate of drug-likeness (QED) is 0.684. The summed E-state index contributed by atoms with van der Waals surface area (Å²) < 4.78 is 0. The second-order valence-electron chi connectivity index (χ2n) is 8.28. The van der Waals surface area contributed by atoms with Gasteiger partial charge in [0.1, 0.15) is 6.29 Å². The van der Waals surface area contributed by atoms with Gasteiger partial charge in [0.25, 0.3) is 0 Å². The number of carbonyl (C=O) groups is 2. The highest BCUT2D eigenvalue weighted by atomic mass is 16.1. The van der Waals surface area contributed by atoms with Gasteiger partial charge in [0.15, 0.2) is 5.78 Å². The molecule has 4 aliphatic rings. The van der Waals surface area contributed by atoms with E-state index in [0.29, 0.717) is 17.3 Å². The first-order chi connectivity index (χ1) is 10.1. The van der Waals surface area contributed by atoms with Gasteiger partial charge in [-0.2, -0.15) is 0 Å². The third-order valence-electron chi connectivity index (χ3n) is 7.64. The largest absolute Gasteiger partial charge is 0.302 e. The molecule has 4 rings (SSSR count). The van der Waals surface area contributed by atoms with E-state index in [-0.39, 0.29) is 11.7 Å². The van der Waals surface area contributed by atoms with Gasteiger partial charge in [0.05, 0.1) is 5.41 Å². The molecule has 2 nitrogen and oxygen atoms in total. The van der Waals surface area contributed by atoms with E-state index < -0.39 is 5.41 Å². The molecular formula is C19H26O2. The topological polar surface area (TPSA) is 34.1 Å². The lowest BCUT2D eigenvalue weighted by Crippen LogP contribution is -2.54. The van der Waals surface area contributed by atoms with Crippen LogP contribution in [0.5, 0.6) is 0 Å². The van der Waals surface area contributed by atoms with Gasteiger partial charge in [-0.15, -0.1) is 0 Å². The van der Waals surface area contributed by atoms with Crippen LogP contribution in [0, 0.1) is 34.5 Å². The molecule has 21 heavy (non-hydrogen) atoms. The van der Waals surface area contributed by atoms with E-state index in [9.17, 15) is 9.59 Å². The Labute approximate surface area is 127 Å². The van der Waals surface area contributed by atoms with E-state index in [2.05, 4.69) is 6.92 Å². The third-order valence-corrected chi connectivity index (χ3v) is 7.64. The van der Waals surface area contributed by atoms with Gasteiger partial charge < -0.3 is 4.79 Å². The smallest absolute Gasteiger partial charge is 0.160 e. The SMILES string of the molecule is C[C@]12CCCCC1CC[C@H]1[C@@H]3C(=O)C=C[C@@]3(C=O)CC[C@@H]12. The highest BCUT2D eigenvalue weighted by Gasteiger charge is 2.59. The zero-order valence-corrected chi connectivity index (χ0v) is 13.0. The van der Waals surface area contributed by atoms with Gasteiger partial charge in [-0.1, -0.05) is 25.8 Å². The van der Waals surface area contributed by atoms with Gasteiger partial charge in [0.2, 0.25) is 0 Å². The van der Waals surface area contributed by atoms with Crippen LogP contribution >= 0.6 is 0 Å². The van der Waals surface area contributed by atoms with Gasteiger partial charge in [-0.3, -0.25) is 4.79 Å². The van der Waals surface area contributed by atoms with Crippen LogP contribution in [0.25, 0.3) is 0 Å². The van der Waals surface area contributed by atoms with Gasteiger partial charge in [-0.25, -0.2) is 0 Å². The standard InChI is InChI=1S/C19H26O2/c1-18-9-3-2-4-13(18)5-6-14-15(18)7-10-19(12-20)11-8-16(21)17(14)19/h8,11-15,17H,2-7,9-10H2,1H3/t13?,14-,15+,17-,18+,19-/m1/s1. The molecule has 0 aromatic heterocycles. The molecular weight excluding hydrogens is 260 g/mol.